The van der Waals surface area contributed by atoms with Crippen LogP contribution in [0.5, 0.6) is 5.75 Å². The average molecular weight is 348 g/mol. The topological polar surface area (TPSA) is 67.9 Å². The Bertz CT molecular complexity index is 589. The Labute approximate surface area is 149 Å². The fourth-order valence-electron chi connectivity index (χ4n) is 2.82. The second kappa shape index (κ2) is 9.42. The van der Waals surface area contributed by atoms with Crippen molar-refractivity contribution in [3.05, 3.63) is 29.8 Å². The number of benzene rings is 1. The smallest absolute Gasteiger partial charge is 0.248 e. The first-order valence-corrected chi connectivity index (χ1v) is 8.77. The molecule has 6 nitrogen and oxygen atoms in total. The molecule has 2 rings (SSSR count). The summed E-state index contributed by atoms with van der Waals surface area (Å²) in [7, 11) is 1.63. The number of nitrogens with zero attached hydrogens (tertiary/aromatic N) is 1. The molecule has 1 aromatic rings. The maximum Gasteiger partial charge on any atom is 0.248 e. The molecule has 1 saturated heterocycles. The SMILES string of the molecule is COc1cccc(CCC(=O)NCC2CN(CC(C)C)C(=O)CO2)c1. The summed E-state index contributed by atoms with van der Waals surface area (Å²) in [4.78, 5) is 25.7. The molecular weight excluding hydrogens is 320 g/mol. The number of hydrogen-bond acceptors (Lipinski definition) is 4. The van der Waals surface area contributed by atoms with Gasteiger partial charge in [-0.25, -0.2) is 0 Å². The highest BCUT2D eigenvalue weighted by atomic mass is 16.5. The van der Waals surface area contributed by atoms with Gasteiger partial charge in [0.25, 0.3) is 0 Å². The van der Waals surface area contributed by atoms with Gasteiger partial charge in [0.2, 0.25) is 11.8 Å². The Morgan fingerprint density at radius 1 is 1.44 bits per heavy atom. The summed E-state index contributed by atoms with van der Waals surface area (Å²) in [6.07, 6.45) is 0.929. The monoisotopic (exact) mass is 348 g/mol. The summed E-state index contributed by atoms with van der Waals surface area (Å²) in [5, 5.41) is 2.91. The van der Waals surface area contributed by atoms with Crippen molar-refractivity contribution in [2.75, 3.05) is 33.4 Å². The second-order valence-electron chi connectivity index (χ2n) is 6.78. The quantitative estimate of drug-likeness (QED) is 0.775. The van der Waals surface area contributed by atoms with E-state index in [1.807, 2.05) is 29.2 Å². The molecule has 138 valence electrons. The highest BCUT2D eigenvalue weighted by Gasteiger charge is 2.26. The molecule has 1 heterocycles. The molecule has 1 atom stereocenters. The molecule has 2 amide bonds. The summed E-state index contributed by atoms with van der Waals surface area (Å²) in [5.74, 6) is 1.22. The van der Waals surface area contributed by atoms with E-state index in [1.54, 1.807) is 7.11 Å². The fraction of sp³-hybridized carbons (Fsp3) is 0.579. The lowest BCUT2D eigenvalue weighted by atomic mass is 10.1. The highest BCUT2D eigenvalue weighted by Crippen LogP contribution is 2.14. The molecule has 0 radical (unpaired) electrons. The van der Waals surface area contributed by atoms with E-state index in [9.17, 15) is 9.59 Å². The summed E-state index contributed by atoms with van der Waals surface area (Å²) in [6.45, 7) is 5.95. The molecule has 0 saturated carbocycles. The van der Waals surface area contributed by atoms with Crippen LogP contribution in [-0.4, -0.2) is 56.2 Å². The predicted octanol–water partition coefficient (Wildman–Crippen LogP) is 1.63. The van der Waals surface area contributed by atoms with E-state index in [0.717, 1.165) is 17.9 Å². The average Bonchev–Trinajstić information content (AvgIpc) is 2.60. The van der Waals surface area contributed by atoms with Crippen molar-refractivity contribution < 1.29 is 19.1 Å². The summed E-state index contributed by atoms with van der Waals surface area (Å²) < 4.78 is 10.7. The van der Waals surface area contributed by atoms with Crippen LogP contribution in [0.1, 0.15) is 25.8 Å². The minimum absolute atomic E-state index is 0.0151. The van der Waals surface area contributed by atoms with Gasteiger partial charge < -0.3 is 19.7 Å². The molecule has 25 heavy (non-hydrogen) atoms. The molecule has 1 aliphatic heterocycles. The first-order valence-electron chi connectivity index (χ1n) is 8.77. The van der Waals surface area contributed by atoms with Crippen LogP contribution >= 0.6 is 0 Å². The lowest BCUT2D eigenvalue weighted by molar-refractivity contribution is -0.149. The molecule has 1 fully saturated rings. The van der Waals surface area contributed by atoms with Gasteiger partial charge in [-0.1, -0.05) is 26.0 Å². The third-order valence-electron chi connectivity index (χ3n) is 4.11. The van der Waals surface area contributed by atoms with Crippen LogP contribution < -0.4 is 10.1 Å². The van der Waals surface area contributed by atoms with Crippen LogP contribution in [-0.2, 0) is 20.7 Å². The Balaban J connectivity index is 1.73. The minimum atomic E-state index is -0.141. The van der Waals surface area contributed by atoms with E-state index < -0.39 is 0 Å². The first kappa shape index (κ1) is 19.2. The fourth-order valence-corrected chi connectivity index (χ4v) is 2.82. The van der Waals surface area contributed by atoms with Crippen molar-refractivity contribution in [2.45, 2.75) is 32.8 Å². The number of carbonyl (C=O) groups is 2. The molecule has 0 aliphatic carbocycles. The van der Waals surface area contributed by atoms with E-state index >= 15 is 0 Å². The van der Waals surface area contributed by atoms with Crippen LogP contribution in [0, 0.1) is 5.92 Å². The van der Waals surface area contributed by atoms with E-state index in [0.29, 0.717) is 31.8 Å². The molecule has 0 bridgehead atoms. The van der Waals surface area contributed by atoms with Gasteiger partial charge in [-0.15, -0.1) is 0 Å². The van der Waals surface area contributed by atoms with Gasteiger partial charge >= 0.3 is 0 Å². The molecule has 1 unspecified atom stereocenters. The number of nitrogens with one attached hydrogen (secondary N) is 1. The Kier molecular flexibility index (Phi) is 7.25. The number of methoxy groups -OCH3 is 1. The van der Waals surface area contributed by atoms with E-state index in [-0.39, 0.29) is 24.5 Å². The maximum absolute atomic E-state index is 12.1. The number of morpholine rings is 1. The van der Waals surface area contributed by atoms with Crippen molar-refractivity contribution in [3.63, 3.8) is 0 Å². The Hall–Kier alpha value is -2.08. The number of ether oxygens (including phenoxy) is 2. The van der Waals surface area contributed by atoms with Gasteiger partial charge in [0, 0.05) is 26.1 Å². The van der Waals surface area contributed by atoms with Crippen molar-refractivity contribution >= 4 is 11.8 Å². The predicted molar refractivity (Wildman–Crippen MR) is 95.5 cm³/mol. The second-order valence-corrected chi connectivity index (χ2v) is 6.78. The third kappa shape index (κ3) is 6.38. The van der Waals surface area contributed by atoms with Gasteiger partial charge in [0.15, 0.2) is 0 Å². The van der Waals surface area contributed by atoms with Gasteiger partial charge in [0.05, 0.1) is 13.2 Å². The van der Waals surface area contributed by atoms with Gasteiger partial charge in [0.1, 0.15) is 12.4 Å². The molecule has 0 spiro atoms. The summed E-state index contributed by atoms with van der Waals surface area (Å²) in [6, 6.07) is 7.72. The number of rotatable bonds is 8. The van der Waals surface area contributed by atoms with E-state index in [1.165, 1.54) is 0 Å². The summed E-state index contributed by atoms with van der Waals surface area (Å²) in [5.41, 5.74) is 1.07. The van der Waals surface area contributed by atoms with E-state index in [4.69, 9.17) is 9.47 Å². The molecule has 6 heteroatoms. The minimum Gasteiger partial charge on any atom is -0.497 e. The first-order chi connectivity index (χ1) is 12.0. The van der Waals surface area contributed by atoms with Crippen molar-refractivity contribution in [1.82, 2.24) is 10.2 Å². The Morgan fingerprint density at radius 2 is 2.24 bits per heavy atom. The zero-order valence-corrected chi connectivity index (χ0v) is 15.3. The normalized spacial score (nSPS) is 17.7. The van der Waals surface area contributed by atoms with Crippen LogP contribution in [0.15, 0.2) is 24.3 Å². The van der Waals surface area contributed by atoms with Gasteiger partial charge in [-0.05, 0) is 30.0 Å². The van der Waals surface area contributed by atoms with Gasteiger partial charge in [-0.3, -0.25) is 9.59 Å². The number of hydrogen-bond donors (Lipinski definition) is 1. The number of amides is 2. The highest BCUT2D eigenvalue weighted by molar-refractivity contribution is 5.78. The standard InChI is InChI=1S/C19H28N2O4/c1-14(2)11-21-12-17(25-13-19(21)23)10-20-18(22)8-7-15-5-4-6-16(9-15)24-3/h4-6,9,14,17H,7-8,10-13H2,1-3H3,(H,20,22). The number of aryl methyl sites for hydroxylation is 1. The van der Waals surface area contributed by atoms with Crippen LogP contribution in [0.4, 0.5) is 0 Å². The van der Waals surface area contributed by atoms with Crippen molar-refractivity contribution in [2.24, 2.45) is 5.92 Å². The van der Waals surface area contributed by atoms with Crippen molar-refractivity contribution in [1.29, 1.82) is 0 Å². The molecule has 0 aromatic heterocycles. The molecule has 1 N–H and O–H groups in total. The zero-order chi connectivity index (χ0) is 18.2. The molecular formula is C19H28N2O4. The molecule has 1 aromatic carbocycles. The van der Waals surface area contributed by atoms with Crippen molar-refractivity contribution in [3.8, 4) is 5.75 Å². The van der Waals surface area contributed by atoms with Crippen LogP contribution in [0.25, 0.3) is 0 Å². The van der Waals surface area contributed by atoms with E-state index in [2.05, 4.69) is 19.2 Å². The largest absolute Gasteiger partial charge is 0.497 e. The van der Waals surface area contributed by atoms with Crippen LogP contribution in [0.2, 0.25) is 0 Å². The summed E-state index contributed by atoms with van der Waals surface area (Å²) >= 11 is 0. The number of carbonyl (C=O) groups excluding carboxylic acids is 2. The lowest BCUT2D eigenvalue weighted by Gasteiger charge is -2.33. The van der Waals surface area contributed by atoms with Crippen LogP contribution in [0.3, 0.4) is 0 Å². The van der Waals surface area contributed by atoms with Gasteiger partial charge in [-0.2, -0.15) is 0 Å². The zero-order valence-electron chi connectivity index (χ0n) is 15.3. The molecule has 1 aliphatic rings. The maximum atomic E-state index is 12.1. The third-order valence-corrected chi connectivity index (χ3v) is 4.11. The Morgan fingerprint density at radius 3 is 2.96 bits per heavy atom. The lowest BCUT2D eigenvalue weighted by Crippen LogP contribution is -2.51.